The minimum atomic E-state index is -5.00. The molecule has 204 valence electrons. The number of esters is 1. The predicted octanol–water partition coefficient (Wildman–Crippen LogP) is 4.78. The number of hydrogen-bond donors (Lipinski definition) is 0. The molecule has 0 aliphatic carbocycles. The lowest BCUT2D eigenvalue weighted by molar-refractivity contribution is -0.140. The van der Waals surface area contributed by atoms with Gasteiger partial charge in [0.15, 0.2) is 10.5 Å². The molecule has 0 spiro atoms. The molecule has 7 nitrogen and oxygen atoms in total. The molecular formula is C28H20ClF3N4O3S. The molecule has 1 atom stereocenters. The molecule has 5 rings (SSSR count). The molecule has 12 heteroatoms. The van der Waals surface area contributed by atoms with Crippen molar-refractivity contribution in [3.8, 4) is 6.07 Å². The maximum absolute atomic E-state index is 14.3. The first-order valence-corrected chi connectivity index (χ1v) is 13.3. The lowest BCUT2D eigenvalue weighted by Gasteiger charge is -2.26. The van der Waals surface area contributed by atoms with E-state index in [9.17, 15) is 28.0 Å². The zero-order chi connectivity index (χ0) is 28.8. The number of allylic oxidation sites excluding steroid dienone is 1. The topological polar surface area (TPSA) is 89.4 Å². The van der Waals surface area contributed by atoms with Crippen LogP contribution in [0.15, 0.2) is 69.6 Å². The molecule has 0 unspecified atom stereocenters. The number of alkyl halides is 3. The summed E-state index contributed by atoms with van der Waals surface area (Å²) in [7, 11) is 0. The molecule has 40 heavy (non-hydrogen) atoms. The normalized spacial score (nSPS) is 15.6. The predicted molar refractivity (Wildman–Crippen MR) is 145 cm³/mol. The van der Waals surface area contributed by atoms with Crippen LogP contribution in [-0.4, -0.2) is 27.9 Å². The third-order valence-electron chi connectivity index (χ3n) is 6.56. The van der Waals surface area contributed by atoms with Crippen LogP contribution in [0.25, 0.3) is 17.0 Å². The van der Waals surface area contributed by atoms with Crippen LogP contribution in [0.4, 0.5) is 13.2 Å². The van der Waals surface area contributed by atoms with Crippen molar-refractivity contribution in [2.24, 2.45) is 4.99 Å². The van der Waals surface area contributed by atoms with Crippen molar-refractivity contribution in [3.63, 3.8) is 0 Å². The van der Waals surface area contributed by atoms with Crippen molar-refractivity contribution in [1.29, 1.82) is 5.26 Å². The highest BCUT2D eigenvalue weighted by atomic mass is 35.5. The second-order valence-electron chi connectivity index (χ2n) is 8.88. The number of thiazole rings is 1. The SMILES string of the molecule is CCOC(=O)C1=C(C(F)(F)F)N=c2s/c(=C\c3c(C)n(CC#N)c4ccccc34)c(=O)n2[C@@H]1c1ccc(Cl)cc1. The summed E-state index contributed by atoms with van der Waals surface area (Å²) in [6.45, 7) is 3.19. The van der Waals surface area contributed by atoms with Crippen LogP contribution < -0.4 is 14.9 Å². The fourth-order valence-electron chi connectivity index (χ4n) is 4.85. The van der Waals surface area contributed by atoms with Crippen molar-refractivity contribution in [1.82, 2.24) is 9.13 Å². The van der Waals surface area contributed by atoms with E-state index >= 15 is 0 Å². The molecule has 0 bridgehead atoms. The van der Waals surface area contributed by atoms with Gasteiger partial charge in [0.05, 0.1) is 28.8 Å². The molecule has 0 fully saturated rings. The Kier molecular flexibility index (Phi) is 7.16. The van der Waals surface area contributed by atoms with E-state index in [0.717, 1.165) is 26.8 Å². The number of nitrogens with zero attached hydrogens (tertiary/aromatic N) is 4. The highest BCUT2D eigenvalue weighted by Gasteiger charge is 2.45. The summed E-state index contributed by atoms with van der Waals surface area (Å²) in [5, 5.41) is 10.4. The summed E-state index contributed by atoms with van der Waals surface area (Å²) in [6.07, 6.45) is -3.40. The number of halogens is 4. The summed E-state index contributed by atoms with van der Waals surface area (Å²) in [5.74, 6) is -1.22. The molecule has 2 aromatic heterocycles. The van der Waals surface area contributed by atoms with Gasteiger partial charge in [0.1, 0.15) is 6.54 Å². The summed E-state index contributed by atoms with van der Waals surface area (Å²) in [6, 6.07) is 13.9. The molecule has 1 aliphatic heterocycles. The Balaban J connectivity index is 1.84. The molecule has 2 aromatic carbocycles. The number of hydrogen-bond acceptors (Lipinski definition) is 6. The Hall–Kier alpha value is -4.14. The molecule has 0 amide bonds. The molecule has 1 aliphatic rings. The van der Waals surface area contributed by atoms with Crippen LogP contribution in [-0.2, 0) is 16.1 Å². The number of benzene rings is 2. The minimum absolute atomic E-state index is 0.0792. The first-order valence-electron chi connectivity index (χ1n) is 12.1. The minimum Gasteiger partial charge on any atom is -0.463 e. The summed E-state index contributed by atoms with van der Waals surface area (Å²) < 4.78 is 50.9. The van der Waals surface area contributed by atoms with Gasteiger partial charge in [-0.1, -0.05) is 53.3 Å². The number of ether oxygens (including phenoxy) is 1. The number of carbonyl (C=O) groups is 1. The standard InChI is InChI=1S/C28H20ClF3N4O3S/c1-3-39-26(38)22-23(16-8-10-17(29)11-9-16)36-25(37)21(40-27(36)34-24(22)28(30,31)32)14-19-15(2)35(13-12-33)20-7-5-4-6-18(19)20/h4-11,14,23H,3,13H2,1-2H3/b21-14-/t23-/m1/s1. The number of fused-ring (bicyclic) bond motifs is 2. The van der Waals surface area contributed by atoms with E-state index in [1.165, 1.54) is 31.2 Å². The van der Waals surface area contributed by atoms with Crippen LogP contribution in [0.5, 0.6) is 0 Å². The van der Waals surface area contributed by atoms with Crippen molar-refractivity contribution in [2.75, 3.05) is 6.61 Å². The second kappa shape index (κ2) is 10.4. The number of para-hydroxylation sites is 1. The highest BCUT2D eigenvalue weighted by Crippen LogP contribution is 2.38. The molecule has 3 heterocycles. The van der Waals surface area contributed by atoms with Crippen molar-refractivity contribution in [3.05, 3.63) is 101 Å². The lowest BCUT2D eigenvalue weighted by atomic mass is 9.95. The summed E-state index contributed by atoms with van der Waals surface area (Å²) >= 11 is 6.80. The Morgan fingerprint density at radius 3 is 2.58 bits per heavy atom. The van der Waals surface area contributed by atoms with Gasteiger partial charge in [-0.2, -0.15) is 18.4 Å². The third-order valence-corrected chi connectivity index (χ3v) is 7.80. The maximum Gasteiger partial charge on any atom is 0.434 e. The van der Waals surface area contributed by atoms with Crippen LogP contribution in [0.3, 0.4) is 0 Å². The largest absolute Gasteiger partial charge is 0.463 e. The maximum atomic E-state index is 14.3. The first-order chi connectivity index (χ1) is 19.1. The van der Waals surface area contributed by atoms with E-state index < -0.39 is 35.0 Å². The van der Waals surface area contributed by atoms with Crippen LogP contribution in [0, 0.1) is 18.3 Å². The molecule has 0 saturated heterocycles. The highest BCUT2D eigenvalue weighted by molar-refractivity contribution is 7.07. The van der Waals surface area contributed by atoms with Gasteiger partial charge >= 0.3 is 12.1 Å². The smallest absolute Gasteiger partial charge is 0.434 e. The molecule has 0 N–H and O–H groups in total. The average molecular weight is 585 g/mol. The molecule has 0 radical (unpaired) electrons. The number of carbonyl (C=O) groups excluding carboxylic acids is 1. The van der Waals surface area contributed by atoms with Crippen molar-refractivity contribution >= 4 is 45.9 Å². The van der Waals surface area contributed by atoms with Crippen LogP contribution in [0.1, 0.15) is 29.8 Å². The van der Waals surface area contributed by atoms with Crippen molar-refractivity contribution < 1.29 is 22.7 Å². The monoisotopic (exact) mass is 584 g/mol. The summed E-state index contributed by atoms with van der Waals surface area (Å²) in [5.41, 5.74) is -0.436. The third kappa shape index (κ3) is 4.63. The average Bonchev–Trinajstić information content (AvgIpc) is 3.37. The van der Waals surface area contributed by atoms with E-state index in [1.54, 1.807) is 17.6 Å². The van der Waals surface area contributed by atoms with E-state index in [0.29, 0.717) is 16.3 Å². The Morgan fingerprint density at radius 2 is 1.93 bits per heavy atom. The van der Waals surface area contributed by atoms with E-state index in [-0.39, 0.29) is 28.0 Å². The molecular weight excluding hydrogens is 565 g/mol. The van der Waals surface area contributed by atoms with E-state index in [2.05, 4.69) is 11.1 Å². The lowest BCUT2D eigenvalue weighted by Crippen LogP contribution is -2.41. The van der Waals surface area contributed by atoms with Gasteiger partial charge < -0.3 is 9.30 Å². The van der Waals surface area contributed by atoms with Crippen LogP contribution >= 0.6 is 22.9 Å². The van der Waals surface area contributed by atoms with Gasteiger partial charge in [0, 0.05) is 27.2 Å². The fraction of sp³-hybridized carbons (Fsp3) is 0.214. The molecule has 0 saturated carbocycles. The Bertz CT molecular complexity index is 1910. The van der Waals surface area contributed by atoms with Gasteiger partial charge in [0.2, 0.25) is 0 Å². The number of rotatable bonds is 5. The quantitative estimate of drug-likeness (QED) is 0.316. The van der Waals surface area contributed by atoms with Gasteiger partial charge in [-0.05, 0) is 43.7 Å². The van der Waals surface area contributed by atoms with E-state index in [4.69, 9.17) is 16.3 Å². The number of nitriles is 1. The summed E-state index contributed by atoms with van der Waals surface area (Å²) in [4.78, 5) is 30.4. The van der Waals surface area contributed by atoms with Crippen LogP contribution in [0.2, 0.25) is 5.02 Å². The van der Waals surface area contributed by atoms with E-state index in [1.807, 2.05) is 24.3 Å². The Labute approximate surface area is 234 Å². The van der Waals surface area contributed by atoms with Gasteiger partial charge in [-0.3, -0.25) is 9.36 Å². The number of aromatic nitrogens is 2. The fourth-order valence-corrected chi connectivity index (χ4v) is 5.96. The zero-order valence-electron chi connectivity index (χ0n) is 21.1. The second-order valence-corrected chi connectivity index (χ2v) is 10.3. The zero-order valence-corrected chi connectivity index (χ0v) is 22.7. The first kappa shape index (κ1) is 27.4. The van der Waals surface area contributed by atoms with Gasteiger partial charge in [-0.25, -0.2) is 9.79 Å². The van der Waals surface area contributed by atoms with Gasteiger partial charge in [-0.15, -0.1) is 0 Å². The Morgan fingerprint density at radius 1 is 1.23 bits per heavy atom. The molecule has 4 aromatic rings. The van der Waals surface area contributed by atoms with Gasteiger partial charge in [0.25, 0.3) is 5.56 Å². The van der Waals surface area contributed by atoms with Crippen molar-refractivity contribution in [2.45, 2.75) is 32.6 Å².